The van der Waals surface area contributed by atoms with Crippen LogP contribution in [0.15, 0.2) is 14.6 Å². The SMILES string of the molecule is CCn1c(=O)c2c(C)c(CN3CCN=C3NC#N)sc2n(CC2CCO2)c1=O. The van der Waals surface area contributed by atoms with Gasteiger partial charge in [-0.25, -0.2) is 4.79 Å². The second-order valence-electron chi connectivity index (χ2n) is 6.92. The summed E-state index contributed by atoms with van der Waals surface area (Å²) in [5, 5.41) is 12.1. The summed E-state index contributed by atoms with van der Waals surface area (Å²) in [6.07, 6.45) is 2.85. The van der Waals surface area contributed by atoms with Gasteiger partial charge in [-0.05, 0) is 25.8 Å². The van der Waals surface area contributed by atoms with Crippen molar-refractivity contribution in [1.82, 2.24) is 19.4 Å². The molecule has 4 heterocycles. The number of fused-ring (bicyclic) bond motifs is 1. The molecule has 1 saturated heterocycles. The summed E-state index contributed by atoms with van der Waals surface area (Å²) >= 11 is 1.47. The molecule has 1 atom stereocenters. The third kappa shape index (κ3) is 3.00. The van der Waals surface area contributed by atoms with Gasteiger partial charge in [-0.15, -0.1) is 11.3 Å². The smallest absolute Gasteiger partial charge is 0.332 e. The number of aryl methyl sites for hydroxylation is 1. The zero-order valence-electron chi connectivity index (χ0n) is 15.9. The number of nitriles is 1. The average Bonchev–Trinajstić information content (AvgIpc) is 3.19. The van der Waals surface area contributed by atoms with Crippen molar-refractivity contribution in [3.8, 4) is 6.19 Å². The van der Waals surface area contributed by atoms with Crippen molar-refractivity contribution in [1.29, 1.82) is 5.26 Å². The quantitative estimate of drug-likeness (QED) is 0.580. The number of thiophene rings is 1. The minimum absolute atomic E-state index is 0.0201. The highest BCUT2D eigenvalue weighted by atomic mass is 32.1. The van der Waals surface area contributed by atoms with Crippen LogP contribution < -0.4 is 16.6 Å². The van der Waals surface area contributed by atoms with Crippen LogP contribution in [0.25, 0.3) is 10.2 Å². The van der Waals surface area contributed by atoms with Crippen molar-refractivity contribution < 1.29 is 4.74 Å². The molecule has 10 heteroatoms. The van der Waals surface area contributed by atoms with Crippen molar-refractivity contribution in [3.63, 3.8) is 0 Å². The lowest BCUT2D eigenvalue weighted by Gasteiger charge is -2.27. The molecule has 2 aromatic heterocycles. The Balaban J connectivity index is 1.80. The standard InChI is InChI=1S/C18H22N6O3S/c1-3-23-15(25)14-11(2)13(9-22-6-5-20-17(22)21-10-19)28-16(14)24(18(23)26)8-12-4-7-27-12/h12H,3-9H2,1-2H3,(H,20,21). The van der Waals surface area contributed by atoms with E-state index in [1.165, 1.54) is 15.9 Å². The van der Waals surface area contributed by atoms with Crippen molar-refractivity contribution >= 4 is 27.5 Å². The number of hydrogen-bond donors (Lipinski definition) is 1. The van der Waals surface area contributed by atoms with Crippen LogP contribution in [-0.2, 0) is 24.4 Å². The number of rotatable bonds is 5. The van der Waals surface area contributed by atoms with Crippen molar-refractivity contribution in [2.45, 2.75) is 46.0 Å². The molecule has 1 fully saturated rings. The normalized spacial score (nSPS) is 18.8. The first-order valence-electron chi connectivity index (χ1n) is 9.36. The highest BCUT2D eigenvalue weighted by Crippen LogP contribution is 2.30. The molecule has 2 aromatic rings. The third-order valence-electron chi connectivity index (χ3n) is 5.32. The number of guanidine groups is 1. The summed E-state index contributed by atoms with van der Waals surface area (Å²) in [7, 11) is 0. The number of ether oxygens (including phenoxy) is 1. The number of aliphatic imine (C=N–C) groups is 1. The first kappa shape index (κ1) is 18.7. The lowest BCUT2D eigenvalue weighted by atomic mass is 10.2. The van der Waals surface area contributed by atoms with E-state index in [1.807, 2.05) is 24.9 Å². The Bertz CT molecular complexity index is 1100. The zero-order chi connectivity index (χ0) is 19.8. The maximum Gasteiger partial charge on any atom is 0.332 e. The molecule has 9 nitrogen and oxygen atoms in total. The lowest BCUT2D eigenvalue weighted by molar-refractivity contribution is -0.0593. The van der Waals surface area contributed by atoms with Gasteiger partial charge in [-0.3, -0.25) is 24.2 Å². The van der Waals surface area contributed by atoms with E-state index in [9.17, 15) is 9.59 Å². The van der Waals surface area contributed by atoms with Crippen LogP contribution in [0.5, 0.6) is 0 Å². The Hall–Kier alpha value is -2.64. The van der Waals surface area contributed by atoms with E-state index >= 15 is 0 Å². The molecule has 0 saturated carbocycles. The monoisotopic (exact) mass is 402 g/mol. The molecule has 2 aliphatic rings. The van der Waals surface area contributed by atoms with Crippen LogP contribution in [0.3, 0.4) is 0 Å². The molecule has 1 N–H and O–H groups in total. The van der Waals surface area contributed by atoms with E-state index < -0.39 is 0 Å². The zero-order valence-corrected chi connectivity index (χ0v) is 16.7. The van der Waals surface area contributed by atoms with Gasteiger partial charge in [0.2, 0.25) is 5.96 Å². The maximum atomic E-state index is 13.0. The Kier molecular flexibility index (Phi) is 4.95. The number of aromatic nitrogens is 2. The van der Waals surface area contributed by atoms with Crippen molar-refractivity contribution in [2.24, 2.45) is 4.99 Å². The van der Waals surface area contributed by atoms with E-state index in [4.69, 9.17) is 10.00 Å². The maximum absolute atomic E-state index is 13.0. The fraction of sp³-hybridized carbons (Fsp3) is 0.556. The molecule has 28 heavy (non-hydrogen) atoms. The summed E-state index contributed by atoms with van der Waals surface area (Å²) < 4.78 is 8.51. The third-order valence-corrected chi connectivity index (χ3v) is 6.62. The highest BCUT2D eigenvalue weighted by Gasteiger charge is 2.26. The second kappa shape index (κ2) is 7.41. The van der Waals surface area contributed by atoms with Gasteiger partial charge in [0.15, 0.2) is 6.19 Å². The van der Waals surface area contributed by atoms with E-state index in [-0.39, 0.29) is 17.4 Å². The van der Waals surface area contributed by atoms with Gasteiger partial charge in [0.1, 0.15) is 4.83 Å². The van der Waals surface area contributed by atoms with Crippen molar-refractivity contribution in [2.75, 3.05) is 19.7 Å². The predicted molar refractivity (Wildman–Crippen MR) is 107 cm³/mol. The Morgan fingerprint density at radius 1 is 1.39 bits per heavy atom. The molecule has 0 aromatic carbocycles. The fourth-order valence-electron chi connectivity index (χ4n) is 3.64. The van der Waals surface area contributed by atoms with Gasteiger partial charge in [-0.2, -0.15) is 5.26 Å². The first-order valence-corrected chi connectivity index (χ1v) is 10.2. The van der Waals surface area contributed by atoms with E-state index in [0.29, 0.717) is 55.5 Å². The summed E-state index contributed by atoms with van der Waals surface area (Å²) in [5.41, 5.74) is 0.371. The van der Waals surface area contributed by atoms with E-state index in [0.717, 1.165) is 16.9 Å². The molecule has 4 rings (SSSR count). The molecule has 0 bridgehead atoms. The molecule has 0 amide bonds. The molecule has 0 radical (unpaired) electrons. The Labute approximate surface area is 165 Å². The molecule has 1 unspecified atom stereocenters. The van der Waals surface area contributed by atoms with Crippen LogP contribution >= 0.6 is 11.3 Å². The second-order valence-corrected chi connectivity index (χ2v) is 8.00. The largest absolute Gasteiger partial charge is 0.376 e. The van der Waals surface area contributed by atoms with E-state index in [2.05, 4.69) is 10.3 Å². The van der Waals surface area contributed by atoms with Gasteiger partial charge >= 0.3 is 5.69 Å². The summed E-state index contributed by atoms with van der Waals surface area (Å²) in [6, 6.07) is 0. The average molecular weight is 402 g/mol. The number of nitrogens with one attached hydrogen (secondary N) is 1. The summed E-state index contributed by atoms with van der Waals surface area (Å²) in [5.74, 6) is 0.547. The molecule has 2 aliphatic heterocycles. The minimum Gasteiger partial charge on any atom is -0.376 e. The van der Waals surface area contributed by atoms with Gasteiger partial charge in [0, 0.05) is 24.6 Å². The fourth-order valence-corrected chi connectivity index (χ4v) is 4.96. The van der Waals surface area contributed by atoms with Crippen LogP contribution in [0, 0.1) is 18.4 Å². The molecular formula is C18H22N6O3S. The minimum atomic E-state index is -0.280. The Morgan fingerprint density at radius 3 is 2.82 bits per heavy atom. The van der Waals surface area contributed by atoms with Crippen LogP contribution in [0.4, 0.5) is 0 Å². The summed E-state index contributed by atoms with van der Waals surface area (Å²) in [4.78, 5) is 33.9. The number of nitrogens with zero attached hydrogens (tertiary/aromatic N) is 5. The van der Waals surface area contributed by atoms with Crippen LogP contribution in [0.1, 0.15) is 23.8 Å². The number of hydrogen-bond acceptors (Lipinski definition) is 8. The molecule has 0 spiro atoms. The molecule has 0 aliphatic carbocycles. The first-order chi connectivity index (χ1) is 13.5. The van der Waals surface area contributed by atoms with Gasteiger partial charge in [0.25, 0.3) is 5.56 Å². The summed E-state index contributed by atoms with van der Waals surface area (Å²) in [6.45, 7) is 7.11. The van der Waals surface area contributed by atoms with Crippen LogP contribution in [0.2, 0.25) is 0 Å². The van der Waals surface area contributed by atoms with Gasteiger partial charge < -0.3 is 9.64 Å². The molecule has 148 valence electrons. The highest BCUT2D eigenvalue weighted by molar-refractivity contribution is 7.18. The van der Waals surface area contributed by atoms with Gasteiger partial charge in [-0.1, -0.05) is 0 Å². The Morgan fingerprint density at radius 2 is 2.18 bits per heavy atom. The topological polar surface area (TPSA) is 105 Å². The van der Waals surface area contributed by atoms with Crippen molar-refractivity contribution in [3.05, 3.63) is 31.3 Å². The lowest BCUT2D eigenvalue weighted by Crippen LogP contribution is -2.43. The van der Waals surface area contributed by atoms with Gasteiger partial charge in [0.05, 0.1) is 31.1 Å². The predicted octanol–water partition coefficient (Wildman–Crippen LogP) is 0.584. The van der Waals surface area contributed by atoms with Crippen LogP contribution in [-0.4, -0.2) is 45.8 Å². The molecular weight excluding hydrogens is 380 g/mol. The van der Waals surface area contributed by atoms with E-state index in [1.54, 1.807) is 4.57 Å².